The molecule has 2 unspecified atom stereocenters. The van der Waals surface area contributed by atoms with Crippen molar-refractivity contribution in [3.8, 4) is 0 Å². The lowest BCUT2D eigenvalue weighted by Crippen LogP contribution is -2.40. The largest absolute Gasteiger partial charge is 0.501 e. The number of alkyl halides is 3. The maximum absolute atomic E-state index is 12.8. The zero-order valence-electron chi connectivity index (χ0n) is 14.5. The number of hydrogen-bond donors (Lipinski definition) is 0. The molecule has 7 nitrogen and oxygen atoms in total. The quantitative estimate of drug-likeness (QED) is 0.636. The molecule has 3 heterocycles. The molecule has 1 aromatic heterocycles. The highest BCUT2D eigenvalue weighted by Gasteiger charge is 2.49. The van der Waals surface area contributed by atoms with Crippen LogP contribution in [0.5, 0.6) is 0 Å². The molecule has 2 aromatic rings. The molecule has 2 aliphatic heterocycles. The van der Waals surface area contributed by atoms with E-state index in [1.165, 1.54) is 12.3 Å². The molecule has 0 N–H and O–H groups in total. The van der Waals surface area contributed by atoms with Gasteiger partial charge < -0.3 is 4.90 Å². The summed E-state index contributed by atoms with van der Waals surface area (Å²) < 4.78 is 85.1. The van der Waals surface area contributed by atoms with Crippen molar-refractivity contribution in [2.24, 2.45) is 0 Å². The third-order valence-corrected chi connectivity index (χ3v) is 9.71. The van der Waals surface area contributed by atoms with E-state index in [1.54, 1.807) is 0 Å². The molecule has 156 valence electrons. The van der Waals surface area contributed by atoms with Crippen LogP contribution in [0.1, 0.15) is 21.7 Å². The average Bonchev–Trinajstić information content (AvgIpc) is 3.33. The van der Waals surface area contributed by atoms with E-state index in [9.17, 15) is 34.8 Å². The number of ketones is 1. The van der Waals surface area contributed by atoms with Crippen LogP contribution in [0.2, 0.25) is 0 Å². The Morgan fingerprint density at radius 2 is 2.00 bits per heavy atom. The molecule has 4 rings (SSSR count). The molecule has 0 amide bonds. The second-order valence-corrected chi connectivity index (χ2v) is 12.1. The number of sulfone groups is 2. The van der Waals surface area contributed by atoms with Crippen molar-refractivity contribution in [3.63, 3.8) is 0 Å². The van der Waals surface area contributed by atoms with Crippen molar-refractivity contribution in [3.05, 3.63) is 40.9 Å². The molecular weight excluding hydrogens is 453 g/mol. The summed E-state index contributed by atoms with van der Waals surface area (Å²) in [6, 6.07) is 3.55. The Morgan fingerprint density at radius 3 is 2.59 bits per heavy atom. The molecule has 29 heavy (non-hydrogen) atoms. The highest BCUT2D eigenvalue weighted by Crippen LogP contribution is 2.38. The van der Waals surface area contributed by atoms with Gasteiger partial charge in [-0.2, -0.15) is 13.2 Å². The Balaban J connectivity index is 1.59. The lowest BCUT2D eigenvalue weighted by Gasteiger charge is -2.26. The van der Waals surface area contributed by atoms with Gasteiger partial charge in [0.05, 0.1) is 27.0 Å². The lowest BCUT2D eigenvalue weighted by atomic mass is 10.1. The Bertz CT molecular complexity index is 1200. The van der Waals surface area contributed by atoms with Gasteiger partial charge in [-0.25, -0.2) is 21.8 Å². The average molecular weight is 466 g/mol. The number of aromatic nitrogens is 1. The van der Waals surface area contributed by atoms with Crippen LogP contribution in [0.25, 0.3) is 0 Å². The summed E-state index contributed by atoms with van der Waals surface area (Å²) in [5.41, 5.74) is -5.68. The van der Waals surface area contributed by atoms with Crippen LogP contribution in [0.3, 0.4) is 0 Å². The third kappa shape index (κ3) is 3.34. The van der Waals surface area contributed by atoms with Gasteiger partial charge in [0.25, 0.3) is 9.84 Å². The van der Waals surface area contributed by atoms with Crippen LogP contribution >= 0.6 is 11.3 Å². The molecule has 2 aliphatic rings. The van der Waals surface area contributed by atoms with Gasteiger partial charge in [0, 0.05) is 18.2 Å². The zero-order chi connectivity index (χ0) is 21.2. The van der Waals surface area contributed by atoms with Gasteiger partial charge in [-0.05, 0) is 18.6 Å². The van der Waals surface area contributed by atoms with Crippen LogP contribution in [0, 0.1) is 0 Å². The summed E-state index contributed by atoms with van der Waals surface area (Å²) in [6.45, 7) is 0.285. The minimum atomic E-state index is -5.57. The first-order chi connectivity index (χ1) is 13.4. The van der Waals surface area contributed by atoms with E-state index >= 15 is 0 Å². The second-order valence-electron chi connectivity index (χ2n) is 6.81. The lowest BCUT2D eigenvalue weighted by molar-refractivity contribution is -0.0436. The van der Waals surface area contributed by atoms with E-state index in [4.69, 9.17) is 0 Å². The summed E-state index contributed by atoms with van der Waals surface area (Å²) >= 11 is 0.991. The zero-order valence-corrected chi connectivity index (χ0v) is 16.9. The highest BCUT2D eigenvalue weighted by atomic mass is 32.2. The first-order valence-corrected chi connectivity index (χ1v) is 12.3. The van der Waals surface area contributed by atoms with Crippen LogP contribution in [-0.4, -0.2) is 56.7 Å². The molecular formula is C16H13F3N2O5S3. The fourth-order valence-electron chi connectivity index (χ4n) is 3.51. The summed E-state index contributed by atoms with van der Waals surface area (Å²) in [4.78, 5) is 17.7. The van der Waals surface area contributed by atoms with E-state index in [0.29, 0.717) is 17.6 Å². The summed E-state index contributed by atoms with van der Waals surface area (Å²) in [6.07, 6.45) is 1.76. The SMILES string of the molecule is O=C(c1cccc(S(=O)(=O)C(F)(F)F)c1)c1cnc(N2CC3CC2CS3(=O)=O)s1. The van der Waals surface area contributed by atoms with Gasteiger partial charge >= 0.3 is 5.51 Å². The van der Waals surface area contributed by atoms with Crippen LogP contribution in [0.15, 0.2) is 35.4 Å². The molecule has 0 radical (unpaired) electrons. The number of carbonyl (C=O) groups is 1. The second kappa shape index (κ2) is 6.51. The molecule has 2 fully saturated rings. The number of anilines is 1. The molecule has 1 aromatic carbocycles. The van der Waals surface area contributed by atoms with Gasteiger partial charge in [0.15, 0.2) is 15.0 Å². The van der Waals surface area contributed by atoms with Crippen LogP contribution in [-0.2, 0) is 19.7 Å². The van der Waals surface area contributed by atoms with E-state index in [2.05, 4.69) is 4.98 Å². The fourth-order valence-corrected chi connectivity index (χ4v) is 7.31. The van der Waals surface area contributed by atoms with Gasteiger partial charge in [0.2, 0.25) is 5.78 Å². The Hall–Kier alpha value is -1.99. The highest BCUT2D eigenvalue weighted by molar-refractivity contribution is 7.92. The number of rotatable bonds is 4. The Labute approximate surface area is 168 Å². The van der Waals surface area contributed by atoms with Crippen LogP contribution < -0.4 is 4.90 Å². The monoisotopic (exact) mass is 466 g/mol. The summed E-state index contributed by atoms with van der Waals surface area (Å²) in [7, 11) is -8.66. The summed E-state index contributed by atoms with van der Waals surface area (Å²) in [5, 5.41) is -0.00498. The van der Waals surface area contributed by atoms with E-state index < -0.39 is 41.1 Å². The first-order valence-electron chi connectivity index (χ1n) is 8.30. The minimum Gasteiger partial charge on any atom is -0.343 e. The molecule has 0 spiro atoms. The van der Waals surface area contributed by atoms with Gasteiger partial charge in [-0.3, -0.25) is 4.79 Å². The maximum atomic E-state index is 12.8. The number of halogens is 3. The number of thiazole rings is 1. The van der Waals surface area contributed by atoms with Gasteiger partial charge in [-0.1, -0.05) is 23.5 Å². The number of hydrogen-bond acceptors (Lipinski definition) is 8. The molecule has 0 saturated carbocycles. The number of fused-ring (bicyclic) bond motifs is 2. The van der Waals surface area contributed by atoms with Crippen LogP contribution in [0.4, 0.5) is 18.3 Å². The van der Waals surface area contributed by atoms with E-state index in [-0.39, 0.29) is 28.8 Å². The van der Waals surface area contributed by atoms with Crippen molar-refractivity contribution in [1.29, 1.82) is 0 Å². The fraction of sp³-hybridized carbons (Fsp3) is 0.375. The number of carbonyl (C=O) groups excluding carboxylic acids is 1. The maximum Gasteiger partial charge on any atom is 0.501 e. The predicted molar refractivity (Wildman–Crippen MR) is 98.6 cm³/mol. The minimum absolute atomic E-state index is 0.0257. The predicted octanol–water partition coefficient (Wildman–Crippen LogP) is 2.04. The van der Waals surface area contributed by atoms with E-state index in [1.807, 2.05) is 4.90 Å². The van der Waals surface area contributed by atoms with Crippen molar-refractivity contribution in [2.45, 2.75) is 28.1 Å². The van der Waals surface area contributed by atoms with E-state index in [0.717, 1.165) is 23.5 Å². The van der Waals surface area contributed by atoms with Crippen molar-refractivity contribution in [1.82, 2.24) is 4.98 Å². The van der Waals surface area contributed by atoms with Gasteiger partial charge in [0.1, 0.15) is 0 Å². The molecule has 2 bridgehead atoms. The summed E-state index contributed by atoms with van der Waals surface area (Å²) in [5.74, 6) is -0.636. The molecule has 2 saturated heterocycles. The number of benzene rings is 1. The standard InChI is InChI=1S/C16H13F3N2O5S3/c17-16(18,19)29(25,26)11-3-1-2-9(4-11)14(22)13-6-20-15(27-13)21-7-12-5-10(21)8-28(12,23)24/h1-4,6,10,12H,5,7-8H2. The molecule has 13 heteroatoms. The normalized spacial score (nSPS) is 23.5. The van der Waals surface area contributed by atoms with Crippen molar-refractivity contribution < 1.29 is 34.8 Å². The van der Waals surface area contributed by atoms with Gasteiger partial charge in [-0.15, -0.1) is 0 Å². The Kier molecular flexibility index (Phi) is 4.55. The van der Waals surface area contributed by atoms with Crippen molar-refractivity contribution >= 4 is 41.9 Å². The molecule has 0 aliphatic carbocycles. The topological polar surface area (TPSA) is 101 Å². The van der Waals surface area contributed by atoms with Crippen molar-refractivity contribution in [2.75, 3.05) is 17.2 Å². The molecule has 2 atom stereocenters. The smallest absolute Gasteiger partial charge is 0.343 e. The Morgan fingerprint density at radius 1 is 1.28 bits per heavy atom. The first kappa shape index (κ1) is 20.3. The third-order valence-electron chi connectivity index (χ3n) is 4.98. The number of nitrogens with zero attached hydrogens (tertiary/aromatic N) is 2.